The van der Waals surface area contributed by atoms with E-state index in [-0.39, 0.29) is 5.91 Å². The van der Waals surface area contributed by atoms with E-state index in [4.69, 9.17) is 4.74 Å². The molecule has 0 aliphatic heterocycles. The minimum atomic E-state index is 0.0131. The first kappa shape index (κ1) is 16.0. The molecule has 0 aliphatic carbocycles. The van der Waals surface area contributed by atoms with Crippen LogP contribution in [0.3, 0.4) is 0 Å². The molecule has 2 aromatic heterocycles. The third-order valence-corrected chi connectivity index (χ3v) is 4.49. The van der Waals surface area contributed by atoms with Gasteiger partial charge in [-0.1, -0.05) is 22.0 Å². The highest BCUT2D eigenvalue weighted by Gasteiger charge is 2.05. The number of carbonyl (C=O) groups is 1. The summed E-state index contributed by atoms with van der Waals surface area (Å²) in [6.07, 6.45) is 5.01. The quantitative estimate of drug-likeness (QED) is 0.623. The van der Waals surface area contributed by atoms with Crippen LogP contribution in [-0.2, 0) is 11.3 Å². The number of hydrogen-bond donors (Lipinski definition) is 1. The van der Waals surface area contributed by atoms with Crippen molar-refractivity contribution in [3.8, 4) is 5.75 Å². The van der Waals surface area contributed by atoms with Gasteiger partial charge in [-0.3, -0.25) is 9.20 Å². The van der Waals surface area contributed by atoms with E-state index < -0.39 is 0 Å². The number of amides is 1. The van der Waals surface area contributed by atoms with Gasteiger partial charge in [-0.05, 0) is 24.6 Å². The molecular formula is C16H16BrN3O2S. The fourth-order valence-corrected chi connectivity index (χ4v) is 3.22. The Hall–Kier alpha value is -1.86. The number of thiazole rings is 1. The largest absolute Gasteiger partial charge is 0.494 e. The summed E-state index contributed by atoms with van der Waals surface area (Å²) in [5, 5.41) is 4.87. The number of carbonyl (C=O) groups excluding carboxylic acids is 1. The number of fused-ring (bicyclic) bond motifs is 1. The fraction of sp³-hybridized carbons (Fsp3) is 0.250. The van der Waals surface area contributed by atoms with Crippen LogP contribution < -0.4 is 10.1 Å². The third kappa shape index (κ3) is 4.56. The number of benzene rings is 1. The molecule has 23 heavy (non-hydrogen) atoms. The van der Waals surface area contributed by atoms with Crippen LogP contribution in [0.15, 0.2) is 46.5 Å². The summed E-state index contributed by atoms with van der Waals surface area (Å²) in [6.45, 7) is 0.976. The van der Waals surface area contributed by atoms with Crippen LogP contribution in [0.1, 0.15) is 18.5 Å². The second-order valence-electron chi connectivity index (χ2n) is 5.01. The van der Waals surface area contributed by atoms with E-state index in [0.717, 1.165) is 20.9 Å². The van der Waals surface area contributed by atoms with Gasteiger partial charge in [0.2, 0.25) is 5.91 Å². The minimum Gasteiger partial charge on any atom is -0.494 e. The van der Waals surface area contributed by atoms with Crippen LogP contribution in [0.5, 0.6) is 5.75 Å². The lowest BCUT2D eigenvalue weighted by Crippen LogP contribution is -2.23. The second kappa shape index (κ2) is 7.61. The molecule has 1 N–H and O–H groups in total. The predicted octanol–water partition coefficient (Wildman–Crippen LogP) is 3.63. The van der Waals surface area contributed by atoms with E-state index in [1.165, 1.54) is 0 Å². The molecule has 0 aliphatic rings. The first-order chi connectivity index (χ1) is 11.2. The number of nitrogens with one attached hydrogen (secondary N) is 1. The van der Waals surface area contributed by atoms with Gasteiger partial charge in [0.15, 0.2) is 4.96 Å². The summed E-state index contributed by atoms with van der Waals surface area (Å²) in [6, 6.07) is 7.67. The Morgan fingerprint density at radius 2 is 2.35 bits per heavy atom. The van der Waals surface area contributed by atoms with Gasteiger partial charge < -0.3 is 10.1 Å². The molecule has 0 bridgehead atoms. The number of halogens is 1. The third-order valence-electron chi connectivity index (χ3n) is 3.22. The smallest absolute Gasteiger partial charge is 0.220 e. The van der Waals surface area contributed by atoms with E-state index in [2.05, 4.69) is 26.2 Å². The van der Waals surface area contributed by atoms with Crippen LogP contribution in [0.25, 0.3) is 4.96 Å². The Kier molecular flexibility index (Phi) is 5.30. The average Bonchev–Trinajstić information content (AvgIpc) is 3.11. The lowest BCUT2D eigenvalue weighted by Gasteiger charge is -2.06. The summed E-state index contributed by atoms with van der Waals surface area (Å²) in [4.78, 5) is 17.2. The predicted molar refractivity (Wildman–Crippen MR) is 93.8 cm³/mol. The maximum Gasteiger partial charge on any atom is 0.220 e. The maximum absolute atomic E-state index is 11.8. The molecule has 1 amide bonds. The van der Waals surface area contributed by atoms with Crippen LogP contribution in [0, 0.1) is 0 Å². The van der Waals surface area contributed by atoms with Crippen molar-refractivity contribution in [3.63, 3.8) is 0 Å². The number of nitrogens with zero attached hydrogens (tertiary/aromatic N) is 2. The number of hydrogen-bond acceptors (Lipinski definition) is 4. The summed E-state index contributed by atoms with van der Waals surface area (Å²) in [5.74, 6) is 0.817. The number of rotatable bonds is 7. The molecule has 7 heteroatoms. The summed E-state index contributed by atoms with van der Waals surface area (Å²) in [7, 11) is 0. The highest BCUT2D eigenvalue weighted by atomic mass is 79.9. The Morgan fingerprint density at radius 3 is 3.17 bits per heavy atom. The average molecular weight is 394 g/mol. The maximum atomic E-state index is 11.8. The minimum absolute atomic E-state index is 0.0131. The van der Waals surface area contributed by atoms with E-state index >= 15 is 0 Å². The van der Waals surface area contributed by atoms with Crippen molar-refractivity contribution in [2.24, 2.45) is 0 Å². The molecule has 0 radical (unpaired) electrons. The molecule has 3 rings (SSSR count). The van der Waals surface area contributed by atoms with Crippen molar-refractivity contribution >= 4 is 38.1 Å². The number of aromatic nitrogens is 2. The van der Waals surface area contributed by atoms with Crippen molar-refractivity contribution in [2.45, 2.75) is 19.4 Å². The lowest BCUT2D eigenvalue weighted by atomic mass is 10.3. The zero-order valence-electron chi connectivity index (χ0n) is 12.4. The zero-order valence-corrected chi connectivity index (χ0v) is 14.8. The summed E-state index contributed by atoms with van der Waals surface area (Å²) >= 11 is 4.97. The molecule has 0 spiro atoms. The number of imidazole rings is 1. The second-order valence-corrected chi connectivity index (χ2v) is 6.80. The van der Waals surface area contributed by atoms with Crippen molar-refractivity contribution in [2.75, 3.05) is 6.61 Å². The molecule has 120 valence electrons. The van der Waals surface area contributed by atoms with E-state index in [0.29, 0.717) is 26.0 Å². The van der Waals surface area contributed by atoms with Gasteiger partial charge in [0.05, 0.1) is 18.8 Å². The van der Waals surface area contributed by atoms with Crippen LogP contribution in [-0.4, -0.2) is 21.9 Å². The molecule has 2 heterocycles. The molecule has 0 unspecified atom stereocenters. The van der Waals surface area contributed by atoms with Gasteiger partial charge >= 0.3 is 0 Å². The molecule has 1 aromatic carbocycles. The summed E-state index contributed by atoms with van der Waals surface area (Å²) in [5.41, 5.74) is 0.871. The van der Waals surface area contributed by atoms with E-state index in [9.17, 15) is 4.79 Å². The molecule has 0 fully saturated rings. The van der Waals surface area contributed by atoms with Crippen LogP contribution in [0.2, 0.25) is 0 Å². The Bertz CT molecular complexity index is 771. The Morgan fingerprint density at radius 1 is 1.43 bits per heavy atom. The molecule has 3 aromatic rings. The fourth-order valence-electron chi connectivity index (χ4n) is 2.12. The highest BCUT2D eigenvalue weighted by molar-refractivity contribution is 9.10. The Labute approximate surface area is 146 Å². The lowest BCUT2D eigenvalue weighted by molar-refractivity contribution is -0.121. The van der Waals surface area contributed by atoms with Crippen molar-refractivity contribution < 1.29 is 9.53 Å². The SMILES string of the molecule is O=C(CCCOc1cccc(Br)c1)NCc1cn2ccsc2n1. The van der Waals surface area contributed by atoms with Crippen molar-refractivity contribution in [3.05, 3.63) is 52.2 Å². The topological polar surface area (TPSA) is 55.6 Å². The van der Waals surface area contributed by atoms with Gasteiger partial charge in [-0.15, -0.1) is 11.3 Å². The highest BCUT2D eigenvalue weighted by Crippen LogP contribution is 2.17. The molecular weight excluding hydrogens is 378 g/mol. The molecule has 0 atom stereocenters. The van der Waals surface area contributed by atoms with Gasteiger partial charge in [0, 0.05) is 28.7 Å². The molecule has 5 nitrogen and oxygen atoms in total. The van der Waals surface area contributed by atoms with E-state index in [1.54, 1.807) is 11.3 Å². The van der Waals surface area contributed by atoms with Crippen molar-refractivity contribution in [1.82, 2.24) is 14.7 Å². The van der Waals surface area contributed by atoms with Gasteiger partial charge in [-0.2, -0.15) is 0 Å². The first-order valence-electron chi connectivity index (χ1n) is 7.27. The number of ether oxygens (including phenoxy) is 1. The normalized spacial score (nSPS) is 10.8. The first-order valence-corrected chi connectivity index (χ1v) is 8.94. The standard InChI is InChI=1S/C16H16BrN3O2S/c17-12-3-1-4-14(9-12)22-7-2-5-15(21)18-10-13-11-20-6-8-23-16(20)19-13/h1,3-4,6,8-9,11H,2,5,7,10H2,(H,18,21). The zero-order chi connectivity index (χ0) is 16.1. The van der Waals surface area contributed by atoms with Gasteiger partial charge in [-0.25, -0.2) is 4.98 Å². The van der Waals surface area contributed by atoms with E-state index in [1.807, 2.05) is 46.4 Å². The van der Waals surface area contributed by atoms with Gasteiger partial charge in [0.1, 0.15) is 5.75 Å². The van der Waals surface area contributed by atoms with Crippen molar-refractivity contribution in [1.29, 1.82) is 0 Å². The summed E-state index contributed by atoms with van der Waals surface area (Å²) < 4.78 is 8.54. The van der Waals surface area contributed by atoms with Crippen LogP contribution >= 0.6 is 27.3 Å². The van der Waals surface area contributed by atoms with Crippen LogP contribution in [0.4, 0.5) is 0 Å². The van der Waals surface area contributed by atoms with Gasteiger partial charge in [0.25, 0.3) is 0 Å². The monoisotopic (exact) mass is 393 g/mol. The Balaban J connectivity index is 1.35. The molecule has 0 saturated carbocycles. The molecule has 0 saturated heterocycles.